The van der Waals surface area contributed by atoms with Crippen LogP contribution in [0.25, 0.3) is 10.9 Å². The molecular weight excluding hydrogens is 390 g/mol. The normalized spacial score (nSPS) is 20.8. The maximum atomic E-state index is 13.4. The zero-order valence-electron chi connectivity index (χ0n) is 19.5. The Balaban J connectivity index is 1.89. The molecule has 31 heavy (non-hydrogen) atoms. The number of hydrogen-bond acceptors (Lipinski definition) is 4. The van der Waals surface area contributed by atoms with E-state index in [1.807, 2.05) is 11.6 Å². The van der Waals surface area contributed by atoms with Gasteiger partial charge in [-0.15, -0.1) is 5.10 Å². The Kier molecular flexibility index (Phi) is 5.70. The Morgan fingerprint density at radius 3 is 2.48 bits per heavy atom. The fourth-order valence-corrected chi connectivity index (χ4v) is 4.88. The van der Waals surface area contributed by atoms with Gasteiger partial charge in [-0.3, -0.25) is 4.79 Å². The topological polar surface area (TPSA) is 85.3 Å². The average Bonchev–Trinajstić information content (AvgIpc) is 3.20. The van der Waals surface area contributed by atoms with E-state index in [1.54, 1.807) is 4.90 Å². The average molecular weight is 426 g/mol. The van der Waals surface area contributed by atoms with Gasteiger partial charge in [0.25, 0.3) is 5.56 Å². The number of aromatic amines is 1. The van der Waals surface area contributed by atoms with Crippen molar-refractivity contribution >= 4 is 10.9 Å². The van der Waals surface area contributed by atoms with E-state index in [4.69, 9.17) is 0 Å². The van der Waals surface area contributed by atoms with Crippen LogP contribution in [0, 0.1) is 13.8 Å². The molecule has 1 aliphatic rings. The van der Waals surface area contributed by atoms with Crippen LogP contribution in [-0.2, 0) is 5.54 Å². The third-order valence-corrected chi connectivity index (χ3v) is 6.53. The van der Waals surface area contributed by atoms with E-state index >= 15 is 0 Å². The number of fused-ring (bicyclic) bond motifs is 1. The van der Waals surface area contributed by atoms with Crippen molar-refractivity contribution in [3.8, 4) is 0 Å². The molecule has 1 aromatic carbocycles. The first kappa shape index (κ1) is 21.6. The zero-order chi connectivity index (χ0) is 22.3. The molecular formula is C23H35N7O+2. The Morgan fingerprint density at radius 2 is 1.84 bits per heavy atom. The van der Waals surface area contributed by atoms with Crippen LogP contribution in [0.3, 0.4) is 0 Å². The number of nitrogens with zero attached hydrogens (tertiary/aromatic N) is 4. The molecule has 4 rings (SSSR count). The highest BCUT2D eigenvalue weighted by molar-refractivity contribution is 5.83. The van der Waals surface area contributed by atoms with Gasteiger partial charge in [0.05, 0.1) is 23.2 Å². The number of rotatable bonds is 4. The first-order chi connectivity index (χ1) is 14.7. The fourth-order valence-electron chi connectivity index (χ4n) is 4.88. The number of likely N-dealkylation sites (N-methyl/N-ethyl adjacent to an activating group) is 1. The number of nitrogens with one attached hydrogen (secondary N) is 3. The van der Waals surface area contributed by atoms with Gasteiger partial charge in [0, 0.05) is 0 Å². The van der Waals surface area contributed by atoms with Crippen molar-refractivity contribution in [2.45, 2.75) is 53.1 Å². The van der Waals surface area contributed by atoms with Crippen molar-refractivity contribution in [1.82, 2.24) is 25.2 Å². The number of aromatic nitrogens is 5. The van der Waals surface area contributed by atoms with Crippen LogP contribution in [0.15, 0.2) is 23.0 Å². The Morgan fingerprint density at radius 1 is 1.13 bits per heavy atom. The first-order valence-electron chi connectivity index (χ1n) is 11.3. The smallest absolute Gasteiger partial charge is 0.258 e. The van der Waals surface area contributed by atoms with Crippen molar-refractivity contribution in [2.24, 2.45) is 0 Å². The monoisotopic (exact) mass is 425 g/mol. The van der Waals surface area contributed by atoms with Gasteiger partial charge in [-0.05, 0) is 75.1 Å². The van der Waals surface area contributed by atoms with Crippen LogP contribution in [-0.4, -0.2) is 57.9 Å². The fraction of sp³-hybridized carbons (Fsp3) is 0.565. The number of benzene rings is 1. The lowest BCUT2D eigenvalue weighted by Crippen LogP contribution is -3.28. The van der Waals surface area contributed by atoms with E-state index in [9.17, 15) is 4.79 Å². The van der Waals surface area contributed by atoms with Crippen LogP contribution in [0.4, 0.5) is 0 Å². The molecule has 0 saturated carbocycles. The molecule has 166 valence electrons. The summed E-state index contributed by atoms with van der Waals surface area (Å²) in [6.45, 7) is 17.9. The van der Waals surface area contributed by atoms with Crippen LogP contribution >= 0.6 is 0 Å². The second-order valence-electron chi connectivity index (χ2n) is 9.91. The molecule has 0 spiro atoms. The summed E-state index contributed by atoms with van der Waals surface area (Å²) in [4.78, 5) is 19.5. The molecule has 2 aromatic heterocycles. The highest BCUT2D eigenvalue weighted by atomic mass is 16.1. The summed E-state index contributed by atoms with van der Waals surface area (Å²) in [7, 11) is 0. The largest absolute Gasteiger partial charge is 0.326 e. The summed E-state index contributed by atoms with van der Waals surface area (Å²) in [6.07, 6.45) is 0. The summed E-state index contributed by atoms with van der Waals surface area (Å²) < 4.78 is 1.88. The van der Waals surface area contributed by atoms with Crippen molar-refractivity contribution in [2.75, 3.05) is 32.7 Å². The molecule has 3 N–H and O–H groups in total. The lowest BCUT2D eigenvalue weighted by atomic mass is 9.99. The molecule has 3 aromatic rings. The number of pyridine rings is 1. The van der Waals surface area contributed by atoms with Crippen LogP contribution in [0.1, 0.15) is 56.3 Å². The van der Waals surface area contributed by atoms with Gasteiger partial charge < -0.3 is 14.8 Å². The van der Waals surface area contributed by atoms with Crippen molar-refractivity contribution in [3.05, 3.63) is 51.1 Å². The summed E-state index contributed by atoms with van der Waals surface area (Å²) in [5.41, 5.74) is 3.60. The summed E-state index contributed by atoms with van der Waals surface area (Å²) >= 11 is 0. The minimum atomic E-state index is -0.274. The van der Waals surface area contributed by atoms with E-state index in [0.29, 0.717) is 0 Å². The van der Waals surface area contributed by atoms with Gasteiger partial charge in [0.2, 0.25) is 5.82 Å². The van der Waals surface area contributed by atoms with Crippen LogP contribution in [0.2, 0.25) is 0 Å². The van der Waals surface area contributed by atoms with Crippen LogP contribution < -0.4 is 15.4 Å². The van der Waals surface area contributed by atoms with Crippen molar-refractivity contribution in [1.29, 1.82) is 0 Å². The van der Waals surface area contributed by atoms with Crippen molar-refractivity contribution in [3.63, 3.8) is 0 Å². The number of piperazine rings is 1. The lowest BCUT2D eigenvalue weighted by molar-refractivity contribution is -1.02. The van der Waals surface area contributed by atoms with E-state index in [0.717, 1.165) is 60.6 Å². The number of aryl methyl sites for hydroxylation is 2. The molecule has 0 amide bonds. The molecule has 1 aliphatic heterocycles. The highest BCUT2D eigenvalue weighted by Gasteiger charge is 2.38. The lowest BCUT2D eigenvalue weighted by Gasteiger charge is -2.34. The second kappa shape index (κ2) is 8.16. The second-order valence-corrected chi connectivity index (χ2v) is 9.91. The summed E-state index contributed by atoms with van der Waals surface area (Å²) in [6, 6.07) is 6.10. The highest BCUT2D eigenvalue weighted by Crippen LogP contribution is 2.24. The van der Waals surface area contributed by atoms with Gasteiger partial charge in [0.1, 0.15) is 26.2 Å². The molecule has 3 heterocycles. The molecule has 1 saturated heterocycles. The molecule has 1 fully saturated rings. The van der Waals surface area contributed by atoms with E-state index in [-0.39, 0.29) is 17.1 Å². The Labute approximate surface area is 183 Å². The van der Waals surface area contributed by atoms with Gasteiger partial charge in [0.15, 0.2) is 6.04 Å². The van der Waals surface area contributed by atoms with E-state index in [2.05, 4.69) is 73.3 Å². The Hall–Kier alpha value is -2.58. The molecule has 8 heteroatoms. The zero-order valence-corrected chi connectivity index (χ0v) is 19.5. The maximum Gasteiger partial charge on any atom is 0.258 e. The summed E-state index contributed by atoms with van der Waals surface area (Å²) in [5, 5.41) is 13.8. The van der Waals surface area contributed by atoms with Gasteiger partial charge >= 0.3 is 0 Å². The first-order valence-corrected chi connectivity index (χ1v) is 11.3. The predicted octanol–water partition coefficient (Wildman–Crippen LogP) is -0.221. The molecule has 1 atom stereocenters. The Bertz CT molecular complexity index is 1130. The van der Waals surface area contributed by atoms with Crippen LogP contribution in [0.5, 0.6) is 0 Å². The van der Waals surface area contributed by atoms with Gasteiger partial charge in [-0.1, -0.05) is 11.6 Å². The number of tetrazole rings is 1. The predicted molar refractivity (Wildman–Crippen MR) is 121 cm³/mol. The molecule has 0 radical (unpaired) electrons. The third-order valence-electron chi connectivity index (χ3n) is 6.53. The molecule has 0 aliphatic carbocycles. The quantitative estimate of drug-likeness (QED) is 0.540. The molecule has 0 bridgehead atoms. The third kappa shape index (κ3) is 4.14. The number of H-pyrrole nitrogens is 1. The van der Waals surface area contributed by atoms with E-state index in [1.165, 1.54) is 10.5 Å². The summed E-state index contributed by atoms with van der Waals surface area (Å²) in [5.74, 6) is 0.761. The SMILES string of the molecule is CC[NH+]1CC[NH+]([C@H](c2cc3cc(C)cc(C)c3[nH]c2=O)c2nnnn2C(C)(C)C)CC1. The number of quaternary nitrogens is 2. The molecule has 0 unspecified atom stereocenters. The minimum Gasteiger partial charge on any atom is -0.326 e. The van der Waals surface area contributed by atoms with E-state index < -0.39 is 0 Å². The maximum absolute atomic E-state index is 13.4. The number of hydrogen-bond donors (Lipinski definition) is 3. The van der Waals surface area contributed by atoms with Gasteiger partial charge in [-0.2, -0.15) is 0 Å². The standard InChI is InChI=1S/C23H33N7O/c1-7-28-8-10-29(11-9-28)20(21-25-26-27-30(21)23(4,5)6)18-14-17-13-15(2)12-16(3)19(17)24-22(18)31/h12-14,20H,7-11H2,1-6H3,(H,24,31)/p+2/t20-/m1/s1. The molecule has 8 nitrogen and oxygen atoms in total. The minimum absolute atomic E-state index is 0.0503. The van der Waals surface area contributed by atoms with Gasteiger partial charge in [-0.25, -0.2) is 4.68 Å². The van der Waals surface area contributed by atoms with Crippen molar-refractivity contribution < 1.29 is 9.80 Å².